The quantitative estimate of drug-likeness (QED) is 0.210. The van der Waals surface area contributed by atoms with Gasteiger partial charge in [0.2, 0.25) is 5.91 Å². The summed E-state index contributed by atoms with van der Waals surface area (Å²) in [6.45, 7) is 13.0. The van der Waals surface area contributed by atoms with E-state index in [1.165, 1.54) is 0 Å². The second-order valence-electron chi connectivity index (χ2n) is 12.5. The van der Waals surface area contributed by atoms with Crippen LogP contribution < -0.4 is 10.6 Å². The Hall–Kier alpha value is -4.65. The molecule has 0 saturated heterocycles. The number of amides is 3. The van der Waals surface area contributed by atoms with Crippen molar-refractivity contribution in [1.29, 1.82) is 0 Å². The second-order valence-corrected chi connectivity index (χ2v) is 12.5. The SMILES string of the molecule is Cc1cccc(C)c1C(C(=O)Nc1ccc2ccccc2c1)N(C(=O)C(Cc1ccccc1)NC(=O)OC(C)(C)C)C(C)C. The molecule has 0 bridgehead atoms. The maximum atomic E-state index is 14.6. The van der Waals surface area contributed by atoms with Gasteiger partial charge < -0.3 is 20.3 Å². The molecular formula is C37H43N3O4. The van der Waals surface area contributed by atoms with Gasteiger partial charge in [0.05, 0.1) is 0 Å². The third kappa shape index (κ3) is 8.04. The number of rotatable bonds is 9. The van der Waals surface area contributed by atoms with Gasteiger partial charge in [0.15, 0.2) is 0 Å². The molecule has 0 fully saturated rings. The van der Waals surface area contributed by atoms with E-state index in [0.717, 1.165) is 33.0 Å². The maximum absolute atomic E-state index is 14.6. The Bertz CT molecular complexity index is 1600. The van der Waals surface area contributed by atoms with Crippen LogP contribution in [-0.2, 0) is 20.7 Å². The Balaban J connectivity index is 1.77. The molecule has 3 amide bonds. The zero-order chi connectivity index (χ0) is 32.0. The van der Waals surface area contributed by atoms with Gasteiger partial charge in [0.25, 0.3) is 5.91 Å². The zero-order valence-electron chi connectivity index (χ0n) is 26.7. The molecule has 4 aromatic rings. The Morgan fingerprint density at radius 2 is 1.41 bits per heavy atom. The van der Waals surface area contributed by atoms with E-state index in [1.54, 1.807) is 25.7 Å². The van der Waals surface area contributed by atoms with Crippen molar-refractivity contribution < 1.29 is 19.1 Å². The lowest BCUT2D eigenvalue weighted by Crippen LogP contribution is -2.55. The van der Waals surface area contributed by atoms with Crippen molar-refractivity contribution in [3.05, 3.63) is 113 Å². The third-order valence-corrected chi connectivity index (χ3v) is 7.44. The normalized spacial score (nSPS) is 12.8. The van der Waals surface area contributed by atoms with Crippen molar-refractivity contribution in [1.82, 2.24) is 10.2 Å². The fourth-order valence-corrected chi connectivity index (χ4v) is 5.49. The summed E-state index contributed by atoms with van der Waals surface area (Å²) in [5.74, 6) is -0.716. The van der Waals surface area contributed by atoms with Crippen LogP contribution in [0.4, 0.5) is 10.5 Å². The highest BCUT2D eigenvalue weighted by atomic mass is 16.6. The first-order chi connectivity index (χ1) is 20.8. The first-order valence-electron chi connectivity index (χ1n) is 15.1. The number of fused-ring (bicyclic) bond motifs is 1. The highest BCUT2D eigenvalue weighted by Crippen LogP contribution is 2.32. The molecule has 0 aliphatic carbocycles. The molecule has 2 N–H and O–H groups in total. The van der Waals surface area contributed by atoms with E-state index in [0.29, 0.717) is 5.69 Å². The maximum Gasteiger partial charge on any atom is 0.408 e. The Morgan fingerprint density at radius 1 is 0.795 bits per heavy atom. The predicted molar refractivity (Wildman–Crippen MR) is 177 cm³/mol. The average molecular weight is 594 g/mol. The summed E-state index contributed by atoms with van der Waals surface area (Å²) in [5, 5.41) is 7.97. The summed E-state index contributed by atoms with van der Waals surface area (Å²) < 4.78 is 5.54. The van der Waals surface area contributed by atoms with Crippen LogP contribution in [0.15, 0.2) is 91.0 Å². The summed E-state index contributed by atoms with van der Waals surface area (Å²) in [4.78, 5) is 43.6. The predicted octanol–water partition coefficient (Wildman–Crippen LogP) is 7.51. The minimum absolute atomic E-state index is 0.230. The van der Waals surface area contributed by atoms with Crippen molar-refractivity contribution in [3.8, 4) is 0 Å². The minimum Gasteiger partial charge on any atom is -0.444 e. The number of carbonyl (C=O) groups excluding carboxylic acids is 3. The molecule has 0 aliphatic heterocycles. The van der Waals surface area contributed by atoms with Crippen LogP contribution in [0.1, 0.15) is 62.9 Å². The number of anilines is 1. The van der Waals surface area contributed by atoms with Crippen LogP contribution in [-0.4, -0.2) is 40.5 Å². The molecule has 0 aromatic heterocycles. The summed E-state index contributed by atoms with van der Waals surface area (Å²) in [6.07, 6.45) is -0.465. The lowest BCUT2D eigenvalue weighted by atomic mass is 9.92. The lowest BCUT2D eigenvalue weighted by Gasteiger charge is -2.38. The molecule has 0 saturated carbocycles. The number of aryl methyl sites for hydroxylation is 2. The van der Waals surface area contributed by atoms with Gasteiger partial charge in [-0.25, -0.2) is 4.79 Å². The molecule has 44 heavy (non-hydrogen) atoms. The van der Waals surface area contributed by atoms with E-state index in [9.17, 15) is 14.4 Å². The zero-order valence-corrected chi connectivity index (χ0v) is 26.7. The van der Waals surface area contributed by atoms with Crippen molar-refractivity contribution in [2.45, 2.75) is 78.6 Å². The smallest absolute Gasteiger partial charge is 0.408 e. The number of hydrogen-bond donors (Lipinski definition) is 2. The second kappa shape index (κ2) is 13.8. The van der Waals surface area contributed by atoms with E-state index < -0.39 is 23.8 Å². The van der Waals surface area contributed by atoms with E-state index in [1.807, 2.05) is 119 Å². The number of nitrogens with one attached hydrogen (secondary N) is 2. The topological polar surface area (TPSA) is 87.7 Å². The number of benzene rings is 4. The number of alkyl carbamates (subject to hydrolysis) is 1. The van der Waals surface area contributed by atoms with Crippen molar-refractivity contribution in [3.63, 3.8) is 0 Å². The van der Waals surface area contributed by atoms with Crippen molar-refractivity contribution in [2.75, 3.05) is 5.32 Å². The first kappa shape index (κ1) is 32.3. The number of ether oxygens (including phenoxy) is 1. The van der Waals surface area contributed by atoms with Crippen LogP contribution in [0.25, 0.3) is 10.8 Å². The molecule has 4 rings (SSSR count). The number of hydrogen-bond acceptors (Lipinski definition) is 4. The molecule has 2 atom stereocenters. The van der Waals surface area contributed by atoms with E-state index >= 15 is 0 Å². The summed E-state index contributed by atoms with van der Waals surface area (Å²) >= 11 is 0. The highest BCUT2D eigenvalue weighted by Gasteiger charge is 2.39. The van der Waals surface area contributed by atoms with E-state index in [4.69, 9.17) is 4.74 Å². The van der Waals surface area contributed by atoms with Crippen LogP contribution >= 0.6 is 0 Å². The molecule has 0 heterocycles. The van der Waals surface area contributed by atoms with Crippen molar-refractivity contribution >= 4 is 34.4 Å². The lowest BCUT2D eigenvalue weighted by molar-refractivity contribution is -0.143. The highest BCUT2D eigenvalue weighted by molar-refractivity contribution is 6.01. The number of nitrogens with zero attached hydrogens (tertiary/aromatic N) is 1. The van der Waals surface area contributed by atoms with E-state index in [-0.39, 0.29) is 24.3 Å². The Kier molecular flexibility index (Phi) is 10.1. The van der Waals surface area contributed by atoms with Gasteiger partial charge in [-0.15, -0.1) is 0 Å². The largest absolute Gasteiger partial charge is 0.444 e. The molecule has 7 heteroatoms. The van der Waals surface area contributed by atoms with E-state index in [2.05, 4.69) is 10.6 Å². The van der Waals surface area contributed by atoms with Crippen molar-refractivity contribution in [2.24, 2.45) is 0 Å². The van der Waals surface area contributed by atoms with Gasteiger partial charge in [-0.1, -0.05) is 78.9 Å². The summed E-state index contributed by atoms with van der Waals surface area (Å²) in [5.41, 5.74) is 3.29. The molecule has 7 nitrogen and oxygen atoms in total. The van der Waals surface area contributed by atoms with Gasteiger partial charge in [-0.2, -0.15) is 0 Å². The minimum atomic E-state index is -0.977. The fraction of sp³-hybridized carbons (Fsp3) is 0.324. The van der Waals surface area contributed by atoms with Gasteiger partial charge in [-0.3, -0.25) is 9.59 Å². The fourth-order valence-electron chi connectivity index (χ4n) is 5.49. The number of carbonyl (C=O) groups is 3. The molecule has 4 aromatic carbocycles. The van der Waals surface area contributed by atoms with Crippen LogP contribution in [0.2, 0.25) is 0 Å². The molecular weight excluding hydrogens is 550 g/mol. The van der Waals surface area contributed by atoms with Crippen LogP contribution in [0.5, 0.6) is 0 Å². The van der Waals surface area contributed by atoms with Crippen LogP contribution in [0.3, 0.4) is 0 Å². The molecule has 0 spiro atoms. The molecule has 2 unspecified atom stereocenters. The standard InChI is InChI=1S/C37H43N3O4/c1-24(2)40(35(42)31(22-27-16-9-8-10-17-27)39-36(43)44-37(5,6)7)33(32-25(3)14-13-15-26(32)4)34(41)38-30-21-20-28-18-11-12-19-29(28)23-30/h8-21,23-24,31,33H,22H2,1-7H3,(H,38,41)(H,39,43). The molecule has 0 radical (unpaired) electrons. The summed E-state index contributed by atoms with van der Waals surface area (Å²) in [6, 6.07) is 26.7. The van der Waals surface area contributed by atoms with Crippen LogP contribution in [0, 0.1) is 13.8 Å². The summed E-state index contributed by atoms with van der Waals surface area (Å²) in [7, 11) is 0. The molecule has 0 aliphatic rings. The third-order valence-electron chi connectivity index (χ3n) is 7.44. The average Bonchev–Trinajstić information content (AvgIpc) is 2.95. The van der Waals surface area contributed by atoms with Gasteiger partial charge in [-0.05, 0) is 93.6 Å². The molecule has 230 valence electrons. The Labute approximate surface area is 260 Å². The monoisotopic (exact) mass is 593 g/mol. The van der Waals surface area contributed by atoms with Gasteiger partial charge in [0.1, 0.15) is 17.7 Å². The Morgan fingerprint density at radius 3 is 2.02 bits per heavy atom. The van der Waals surface area contributed by atoms with Gasteiger partial charge in [0, 0.05) is 18.2 Å². The first-order valence-corrected chi connectivity index (χ1v) is 15.1. The van der Waals surface area contributed by atoms with Gasteiger partial charge >= 0.3 is 6.09 Å².